The highest BCUT2D eigenvalue weighted by Gasteiger charge is 2.50. The molecule has 0 aliphatic carbocycles. The standard InChI is InChI=1S/C30H37FN3O3Si/c1-16(2)26(30(38,17(3)4)28(35)37-18(5)6)25-22-14-23-19(15-32-33-23)13-24(22)34(27(25)29(7,8)36)21-11-9-20(31)10-12-21/h9-18,26,36H,1-8H3,(H,32,33). The Hall–Kier alpha value is -2.97. The predicted octanol–water partition coefficient (Wildman–Crippen LogP) is 6.55. The van der Waals surface area contributed by atoms with Gasteiger partial charge in [-0.05, 0) is 81.5 Å². The molecule has 201 valence electrons. The molecular weight excluding hydrogens is 497 g/mol. The number of nitrogens with one attached hydrogen (secondary N) is 1. The minimum absolute atomic E-state index is 0.0274. The van der Waals surface area contributed by atoms with Crippen molar-refractivity contribution in [2.24, 2.45) is 11.8 Å². The molecule has 0 fully saturated rings. The average Bonchev–Trinajstić information content (AvgIpc) is 3.39. The molecule has 0 aliphatic rings. The van der Waals surface area contributed by atoms with Crippen LogP contribution in [0.1, 0.15) is 72.6 Å². The Morgan fingerprint density at radius 3 is 2.26 bits per heavy atom. The summed E-state index contributed by atoms with van der Waals surface area (Å²) in [4.78, 5) is 13.8. The first-order valence-corrected chi connectivity index (χ1v) is 13.6. The second-order valence-electron chi connectivity index (χ2n) is 11.7. The lowest BCUT2D eigenvalue weighted by Crippen LogP contribution is -2.41. The van der Waals surface area contributed by atoms with Crippen molar-refractivity contribution in [2.75, 3.05) is 0 Å². The number of aliphatic hydroxyl groups is 1. The van der Waals surface area contributed by atoms with E-state index in [2.05, 4.69) is 34.3 Å². The Kier molecular flexibility index (Phi) is 7.36. The molecule has 3 radical (unpaired) electrons. The molecule has 4 rings (SSSR count). The van der Waals surface area contributed by atoms with Crippen LogP contribution in [0.3, 0.4) is 0 Å². The lowest BCUT2D eigenvalue weighted by Gasteiger charge is -2.43. The number of ether oxygens (including phenoxy) is 1. The smallest absolute Gasteiger partial charge is 0.309 e. The Labute approximate surface area is 227 Å². The molecule has 4 aromatic rings. The molecule has 8 heteroatoms. The van der Waals surface area contributed by atoms with Crippen LogP contribution in [-0.2, 0) is 15.1 Å². The van der Waals surface area contributed by atoms with E-state index in [1.54, 1.807) is 32.2 Å². The fourth-order valence-corrected chi connectivity index (χ4v) is 6.18. The van der Waals surface area contributed by atoms with Gasteiger partial charge in [-0.3, -0.25) is 9.89 Å². The SMILES string of the molecule is CC(C)OC(=O)C([Si])(C(C)C)C(c1c(C(C)(C)O)n(-c2ccc(F)cc2)c2cc3cn[nH]c3cc12)C(C)C. The van der Waals surface area contributed by atoms with Crippen molar-refractivity contribution in [3.8, 4) is 5.69 Å². The number of aromatic amines is 1. The highest BCUT2D eigenvalue weighted by molar-refractivity contribution is 6.28. The molecule has 0 spiro atoms. The van der Waals surface area contributed by atoms with E-state index in [4.69, 9.17) is 4.74 Å². The first-order chi connectivity index (χ1) is 17.7. The zero-order valence-corrected chi connectivity index (χ0v) is 24.4. The first kappa shape index (κ1) is 28.0. The molecule has 2 N–H and O–H groups in total. The van der Waals surface area contributed by atoms with Crippen molar-refractivity contribution in [1.82, 2.24) is 14.8 Å². The number of esters is 1. The molecule has 2 atom stereocenters. The highest BCUT2D eigenvalue weighted by Crippen LogP contribution is 2.55. The number of rotatable bonds is 8. The summed E-state index contributed by atoms with van der Waals surface area (Å²) in [5, 5.41) is 19.7. The molecular formula is C30H37FN3O3Si. The predicted molar refractivity (Wildman–Crippen MR) is 150 cm³/mol. The molecule has 38 heavy (non-hydrogen) atoms. The molecule has 0 bridgehead atoms. The molecule has 2 unspecified atom stereocenters. The van der Waals surface area contributed by atoms with E-state index in [0.717, 1.165) is 27.4 Å². The summed E-state index contributed by atoms with van der Waals surface area (Å²) in [5.74, 6) is -1.25. The van der Waals surface area contributed by atoms with Gasteiger partial charge < -0.3 is 14.4 Å². The van der Waals surface area contributed by atoms with Gasteiger partial charge in [0, 0.05) is 32.6 Å². The van der Waals surface area contributed by atoms with Gasteiger partial charge in [-0.15, -0.1) is 0 Å². The Morgan fingerprint density at radius 2 is 1.74 bits per heavy atom. The average molecular weight is 535 g/mol. The van der Waals surface area contributed by atoms with Crippen molar-refractivity contribution in [2.45, 2.75) is 78.1 Å². The maximum absolute atomic E-state index is 14.0. The number of H-pyrrole nitrogens is 1. The summed E-state index contributed by atoms with van der Waals surface area (Å²) in [6, 6.07) is 10.3. The lowest BCUT2D eigenvalue weighted by molar-refractivity contribution is -0.154. The van der Waals surface area contributed by atoms with Crippen LogP contribution in [0.2, 0.25) is 5.04 Å². The number of hydrogen-bond donors (Lipinski definition) is 2. The van der Waals surface area contributed by atoms with Crippen molar-refractivity contribution < 1.29 is 19.0 Å². The quantitative estimate of drug-likeness (QED) is 0.198. The van der Waals surface area contributed by atoms with Gasteiger partial charge in [0.2, 0.25) is 0 Å². The third-order valence-corrected chi connectivity index (χ3v) is 8.38. The Balaban J connectivity index is 2.20. The van der Waals surface area contributed by atoms with Crippen LogP contribution >= 0.6 is 0 Å². The summed E-state index contributed by atoms with van der Waals surface area (Å²) in [7, 11) is 3.99. The number of benzene rings is 2. The minimum atomic E-state index is -1.31. The van der Waals surface area contributed by atoms with Crippen molar-refractivity contribution >= 4 is 38.0 Å². The number of nitrogens with zero attached hydrogens (tertiary/aromatic N) is 2. The van der Waals surface area contributed by atoms with E-state index in [-0.39, 0.29) is 29.7 Å². The fourth-order valence-electron chi connectivity index (χ4n) is 5.65. The Morgan fingerprint density at radius 1 is 1.11 bits per heavy atom. The monoisotopic (exact) mass is 534 g/mol. The molecule has 0 saturated heterocycles. The lowest BCUT2D eigenvalue weighted by atomic mass is 9.70. The number of carbonyl (C=O) groups is 1. The number of fused-ring (bicyclic) bond motifs is 2. The molecule has 2 heterocycles. The largest absolute Gasteiger partial charge is 0.463 e. The maximum atomic E-state index is 14.0. The van der Waals surface area contributed by atoms with Crippen LogP contribution in [0.5, 0.6) is 0 Å². The van der Waals surface area contributed by atoms with Gasteiger partial charge in [0.25, 0.3) is 0 Å². The Bertz CT molecular complexity index is 1460. The molecule has 6 nitrogen and oxygen atoms in total. The van der Waals surface area contributed by atoms with Crippen molar-refractivity contribution in [3.63, 3.8) is 0 Å². The van der Waals surface area contributed by atoms with Gasteiger partial charge in [-0.25, -0.2) is 4.39 Å². The van der Waals surface area contributed by atoms with E-state index in [9.17, 15) is 14.3 Å². The van der Waals surface area contributed by atoms with E-state index < -0.39 is 16.6 Å². The zero-order valence-electron chi connectivity index (χ0n) is 23.4. The van der Waals surface area contributed by atoms with Crippen LogP contribution in [0, 0.1) is 17.7 Å². The summed E-state index contributed by atoms with van der Waals surface area (Å²) in [5.41, 5.74) is 2.55. The molecule has 2 aromatic carbocycles. The molecule has 0 saturated carbocycles. The summed E-state index contributed by atoms with van der Waals surface area (Å²) in [6.07, 6.45) is 1.46. The van der Waals surface area contributed by atoms with Crippen LogP contribution in [-0.4, -0.2) is 42.2 Å². The van der Waals surface area contributed by atoms with Gasteiger partial charge in [0.15, 0.2) is 0 Å². The number of hydrogen-bond acceptors (Lipinski definition) is 4. The fraction of sp³-hybridized carbons (Fsp3) is 0.467. The summed E-state index contributed by atoms with van der Waals surface area (Å²) < 4.78 is 21.8. The van der Waals surface area contributed by atoms with E-state index >= 15 is 0 Å². The van der Waals surface area contributed by atoms with Gasteiger partial charge >= 0.3 is 5.97 Å². The molecule has 2 aromatic heterocycles. The van der Waals surface area contributed by atoms with Gasteiger partial charge in [0.1, 0.15) is 5.82 Å². The van der Waals surface area contributed by atoms with E-state index in [1.807, 2.05) is 44.4 Å². The number of aromatic nitrogens is 3. The van der Waals surface area contributed by atoms with Gasteiger partial charge in [-0.2, -0.15) is 5.10 Å². The highest BCUT2D eigenvalue weighted by atomic mass is 28.1. The van der Waals surface area contributed by atoms with Crippen LogP contribution in [0.25, 0.3) is 27.5 Å². The molecule has 0 amide bonds. The van der Waals surface area contributed by atoms with Crippen LogP contribution in [0.4, 0.5) is 4.39 Å². The summed E-state index contributed by atoms with van der Waals surface area (Å²) in [6.45, 7) is 15.3. The summed E-state index contributed by atoms with van der Waals surface area (Å²) >= 11 is 0. The first-order valence-electron chi connectivity index (χ1n) is 13.1. The van der Waals surface area contributed by atoms with E-state index in [0.29, 0.717) is 11.4 Å². The van der Waals surface area contributed by atoms with Gasteiger partial charge in [-0.1, -0.05) is 27.7 Å². The zero-order chi connectivity index (χ0) is 28.2. The number of halogens is 1. The van der Waals surface area contributed by atoms with Crippen LogP contribution < -0.4 is 0 Å². The second kappa shape index (κ2) is 9.97. The van der Waals surface area contributed by atoms with Crippen LogP contribution in [0.15, 0.2) is 42.6 Å². The topological polar surface area (TPSA) is 80.1 Å². The third kappa shape index (κ3) is 4.69. The van der Waals surface area contributed by atoms with E-state index in [1.165, 1.54) is 12.1 Å². The van der Waals surface area contributed by atoms with Crippen molar-refractivity contribution in [3.05, 3.63) is 59.7 Å². The third-order valence-electron chi connectivity index (χ3n) is 7.29. The maximum Gasteiger partial charge on any atom is 0.309 e. The normalized spacial score (nSPS) is 15.1. The number of carbonyl (C=O) groups excluding carboxylic acids is 1. The second-order valence-corrected chi connectivity index (χ2v) is 12.5. The van der Waals surface area contributed by atoms with Crippen molar-refractivity contribution in [1.29, 1.82) is 0 Å². The van der Waals surface area contributed by atoms with Gasteiger partial charge in [0.05, 0.1) is 39.7 Å². The minimum Gasteiger partial charge on any atom is -0.463 e. The molecule has 0 aliphatic heterocycles.